The van der Waals surface area contributed by atoms with Crippen LogP contribution in [0.4, 0.5) is 0 Å². The van der Waals surface area contributed by atoms with Gasteiger partial charge in [-0.15, -0.1) is 0 Å². The van der Waals surface area contributed by atoms with E-state index in [1.165, 1.54) is 0 Å². The van der Waals surface area contributed by atoms with Crippen LogP contribution < -0.4 is 0 Å². The minimum atomic E-state index is 0.740. The zero-order valence-corrected chi connectivity index (χ0v) is 32.1. The molecule has 0 saturated carbocycles. The van der Waals surface area contributed by atoms with Gasteiger partial charge >= 0.3 is 0 Å². The molecule has 9 heteroatoms. The second-order valence-electron chi connectivity index (χ2n) is 14.0. The largest absolute Gasteiger partial charge is 0.255 e. The molecule has 0 N–H and O–H groups in total. The van der Waals surface area contributed by atoms with Crippen molar-refractivity contribution in [2.24, 2.45) is 0 Å². The topological polar surface area (TPSA) is 116 Å². The SMILES string of the molecule is c1ccc(-c2cccc(-c3cc(-c4cc(-c5cc(-c6ccccn6)nc(-c6ccccn6)c5)cc(-c5cc(-c6ccccn6)nc(-c6ccccn6)c5)c4)ccn3)n2)nc1. The average Bonchev–Trinajstić information content (AvgIpc) is 3.35. The Balaban J connectivity index is 1.18. The van der Waals surface area contributed by atoms with Gasteiger partial charge in [-0.05, 0) is 161 Å². The van der Waals surface area contributed by atoms with E-state index >= 15 is 0 Å². The first kappa shape index (κ1) is 35.9. The summed E-state index contributed by atoms with van der Waals surface area (Å²) < 4.78 is 0. The van der Waals surface area contributed by atoms with Gasteiger partial charge < -0.3 is 0 Å². The van der Waals surface area contributed by atoms with Crippen molar-refractivity contribution < 1.29 is 0 Å². The lowest BCUT2D eigenvalue weighted by Gasteiger charge is -2.15. The van der Waals surface area contributed by atoms with Crippen molar-refractivity contribution in [3.8, 4) is 102 Å². The van der Waals surface area contributed by atoms with Gasteiger partial charge in [0.1, 0.15) is 0 Å². The van der Waals surface area contributed by atoms with Crippen LogP contribution in [-0.2, 0) is 0 Å². The molecule has 10 rings (SSSR count). The van der Waals surface area contributed by atoms with Crippen molar-refractivity contribution in [2.45, 2.75) is 0 Å². The predicted octanol–water partition coefficient (Wildman–Crippen LogP) is 11.2. The number of hydrogen-bond acceptors (Lipinski definition) is 9. The molecule has 9 heterocycles. The van der Waals surface area contributed by atoms with Crippen molar-refractivity contribution in [3.05, 3.63) is 201 Å². The predicted molar refractivity (Wildman–Crippen MR) is 236 cm³/mol. The molecule has 0 fully saturated rings. The number of benzene rings is 1. The highest BCUT2D eigenvalue weighted by atomic mass is 14.8. The summed E-state index contributed by atoms with van der Waals surface area (Å²) in [6.45, 7) is 0. The van der Waals surface area contributed by atoms with E-state index in [9.17, 15) is 0 Å². The standard InChI is InChI=1S/C51H33N9/c1-6-20-52-40(12-1)45-17-11-18-46(58-45)47-29-34(19-25-57-47)35-26-36(38-30-48(41-13-2-7-21-53-41)59-49(31-38)42-14-3-8-22-54-42)28-37(27-35)39-32-50(43-15-4-9-23-55-43)60-51(33-39)44-16-5-10-24-56-44/h1-33H. The molecule has 9 aromatic heterocycles. The van der Waals surface area contributed by atoms with Crippen LogP contribution in [0.15, 0.2) is 201 Å². The minimum absolute atomic E-state index is 0.740. The van der Waals surface area contributed by atoms with Gasteiger partial charge in [0.25, 0.3) is 0 Å². The fourth-order valence-electron chi connectivity index (χ4n) is 7.09. The molecular weight excluding hydrogens is 739 g/mol. The lowest BCUT2D eigenvalue weighted by Crippen LogP contribution is -1.96. The molecular formula is C51H33N9. The third kappa shape index (κ3) is 7.66. The van der Waals surface area contributed by atoms with Crippen LogP contribution in [0.25, 0.3) is 102 Å². The van der Waals surface area contributed by atoms with Crippen LogP contribution in [0, 0.1) is 0 Å². The van der Waals surface area contributed by atoms with E-state index in [1.807, 2.05) is 121 Å². The Kier molecular flexibility index (Phi) is 9.71. The lowest BCUT2D eigenvalue weighted by molar-refractivity contribution is 1.22. The second kappa shape index (κ2) is 16.2. The summed E-state index contributed by atoms with van der Waals surface area (Å²) in [6, 6.07) is 54.3. The summed E-state index contributed by atoms with van der Waals surface area (Å²) in [5.74, 6) is 0. The third-order valence-corrected chi connectivity index (χ3v) is 9.99. The third-order valence-electron chi connectivity index (χ3n) is 9.99. The summed E-state index contributed by atoms with van der Waals surface area (Å²) >= 11 is 0. The summed E-state index contributed by atoms with van der Waals surface area (Å²) in [4.78, 5) is 43.1. The van der Waals surface area contributed by atoms with Gasteiger partial charge in [0.15, 0.2) is 0 Å². The molecule has 0 aliphatic rings. The van der Waals surface area contributed by atoms with Gasteiger partial charge in [0.05, 0.1) is 68.3 Å². The molecule has 0 radical (unpaired) electrons. The first-order valence-electron chi connectivity index (χ1n) is 19.4. The van der Waals surface area contributed by atoms with E-state index in [0.29, 0.717) is 0 Å². The van der Waals surface area contributed by atoms with Crippen LogP contribution >= 0.6 is 0 Å². The zero-order valence-electron chi connectivity index (χ0n) is 32.1. The van der Waals surface area contributed by atoms with Crippen LogP contribution in [-0.4, -0.2) is 44.9 Å². The molecule has 60 heavy (non-hydrogen) atoms. The zero-order chi connectivity index (χ0) is 40.1. The smallest absolute Gasteiger partial charge is 0.0900 e. The molecule has 10 aromatic rings. The van der Waals surface area contributed by atoms with E-state index in [1.54, 1.807) is 31.0 Å². The van der Waals surface area contributed by atoms with Crippen LogP contribution in [0.5, 0.6) is 0 Å². The summed E-state index contributed by atoms with van der Waals surface area (Å²) in [5, 5.41) is 0. The number of pyridine rings is 9. The molecule has 0 atom stereocenters. The molecule has 0 aliphatic carbocycles. The molecule has 9 nitrogen and oxygen atoms in total. The van der Waals surface area contributed by atoms with Crippen molar-refractivity contribution >= 4 is 0 Å². The van der Waals surface area contributed by atoms with Crippen LogP contribution in [0.3, 0.4) is 0 Å². The molecule has 0 aliphatic heterocycles. The Labute approximate surface area is 346 Å². The van der Waals surface area contributed by atoms with Gasteiger partial charge in [-0.2, -0.15) is 0 Å². The van der Waals surface area contributed by atoms with Gasteiger partial charge in [-0.1, -0.05) is 36.4 Å². The average molecular weight is 772 g/mol. The Morgan fingerprint density at radius 2 is 0.467 bits per heavy atom. The van der Waals surface area contributed by atoms with Crippen LogP contribution in [0.2, 0.25) is 0 Å². The highest BCUT2D eigenvalue weighted by Crippen LogP contribution is 2.38. The Morgan fingerprint density at radius 1 is 0.183 bits per heavy atom. The minimum Gasteiger partial charge on any atom is -0.255 e. The van der Waals surface area contributed by atoms with Crippen molar-refractivity contribution in [1.29, 1.82) is 0 Å². The number of hydrogen-bond donors (Lipinski definition) is 0. The molecule has 0 unspecified atom stereocenters. The Hall–Kier alpha value is -8.43. The maximum absolute atomic E-state index is 5.06. The fraction of sp³-hybridized carbons (Fsp3) is 0. The van der Waals surface area contributed by atoms with E-state index in [-0.39, 0.29) is 0 Å². The fourth-order valence-corrected chi connectivity index (χ4v) is 7.09. The normalized spacial score (nSPS) is 11.0. The Morgan fingerprint density at radius 3 is 0.850 bits per heavy atom. The molecule has 0 spiro atoms. The second-order valence-corrected chi connectivity index (χ2v) is 14.0. The molecule has 0 bridgehead atoms. The lowest BCUT2D eigenvalue weighted by atomic mass is 9.92. The summed E-state index contributed by atoms with van der Waals surface area (Å²) in [5.41, 5.74) is 14.9. The Bertz CT molecular complexity index is 2810. The van der Waals surface area contributed by atoms with Gasteiger partial charge in [-0.3, -0.25) is 29.9 Å². The monoisotopic (exact) mass is 771 g/mol. The number of nitrogens with zero attached hydrogens (tertiary/aromatic N) is 9. The quantitative estimate of drug-likeness (QED) is 0.141. The van der Waals surface area contributed by atoms with Crippen molar-refractivity contribution in [3.63, 3.8) is 0 Å². The maximum atomic E-state index is 5.06. The van der Waals surface area contributed by atoms with Crippen molar-refractivity contribution in [2.75, 3.05) is 0 Å². The molecule has 0 saturated heterocycles. The number of aromatic nitrogens is 9. The van der Waals surface area contributed by atoms with Crippen molar-refractivity contribution in [1.82, 2.24) is 44.9 Å². The highest BCUT2D eigenvalue weighted by Gasteiger charge is 2.16. The molecule has 1 aromatic carbocycles. The molecule has 0 amide bonds. The summed E-state index contributed by atoms with van der Waals surface area (Å²) in [6.07, 6.45) is 10.7. The van der Waals surface area contributed by atoms with E-state index in [2.05, 4.69) is 73.5 Å². The van der Waals surface area contributed by atoms with E-state index in [4.69, 9.17) is 19.9 Å². The number of rotatable bonds is 9. The van der Waals surface area contributed by atoms with E-state index < -0.39 is 0 Å². The van der Waals surface area contributed by atoms with E-state index in [0.717, 1.165) is 102 Å². The molecule has 282 valence electrons. The van der Waals surface area contributed by atoms with Gasteiger partial charge in [0, 0.05) is 37.2 Å². The first-order valence-corrected chi connectivity index (χ1v) is 19.4. The highest BCUT2D eigenvalue weighted by molar-refractivity contribution is 5.86. The maximum Gasteiger partial charge on any atom is 0.0900 e. The van der Waals surface area contributed by atoms with Gasteiger partial charge in [0.2, 0.25) is 0 Å². The summed E-state index contributed by atoms with van der Waals surface area (Å²) in [7, 11) is 0. The first-order chi connectivity index (χ1) is 29.7. The van der Waals surface area contributed by atoms with Gasteiger partial charge in [-0.25, -0.2) is 15.0 Å². The van der Waals surface area contributed by atoms with Crippen LogP contribution in [0.1, 0.15) is 0 Å².